The summed E-state index contributed by atoms with van der Waals surface area (Å²) in [5.74, 6) is 5.97. The molecular weight excluding hydrogens is 613 g/mol. The quantitative estimate of drug-likeness (QED) is 0.0702. The molecule has 9 atom stereocenters. The molecule has 0 heterocycles. The summed E-state index contributed by atoms with van der Waals surface area (Å²) in [6.07, 6.45) is 35.5. The molecule has 3 fully saturated rings. The third-order valence-corrected chi connectivity index (χ3v) is 14.4. The van der Waals surface area contributed by atoms with Crippen LogP contribution in [0.4, 0.5) is 0 Å². The van der Waals surface area contributed by atoms with E-state index >= 15 is 0 Å². The minimum atomic E-state index is 0.434. The number of hydrogen-bond donors (Lipinski definition) is 0. The number of allylic oxidation sites excluding steroid dienone is 3. The van der Waals surface area contributed by atoms with Crippen LogP contribution in [0.15, 0.2) is 23.8 Å². The fourth-order valence-electron chi connectivity index (χ4n) is 11.3. The van der Waals surface area contributed by atoms with Gasteiger partial charge in [-0.2, -0.15) is 0 Å². The molecule has 0 aromatic rings. The summed E-state index contributed by atoms with van der Waals surface area (Å²) in [6, 6.07) is 0. The zero-order valence-electron chi connectivity index (χ0n) is 34.5. The van der Waals surface area contributed by atoms with E-state index in [1.807, 2.05) is 0 Å². The van der Waals surface area contributed by atoms with Gasteiger partial charge in [-0.05, 0) is 136 Å². The topological polar surface area (TPSA) is 27.7 Å². The average Bonchev–Trinajstić information content (AvgIpc) is 3.46. The normalized spacial score (nSPS) is 32.2. The summed E-state index contributed by atoms with van der Waals surface area (Å²) >= 11 is 0. The van der Waals surface area contributed by atoms with Crippen LogP contribution in [0.2, 0.25) is 0 Å². The van der Waals surface area contributed by atoms with E-state index in [1.165, 1.54) is 122 Å². The largest absolute Gasteiger partial charge is 0.381 e. The number of hydrogen-bond acceptors (Lipinski definition) is 3. The fourth-order valence-corrected chi connectivity index (χ4v) is 11.3. The summed E-state index contributed by atoms with van der Waals surface area (Å²) in [5.41, 5.74) is 2.80. The van der Waals surface area contributed by atoms with Crippen molar-refractivity contribution in [3.05, 3.63) is 23.8 Å². The number of rotatable bonds is 25. The Morgan fingerprint density at radius 3 is 2.18 bits per heavy atom. The van der Waals surface area contributed by atoms with Gasteiger partial charge in [-0.25, -0.2) is 0 Å². The molecule has 0 spiro atoms. The first kappa shape index (κ1) is 42.1. The lowest BCUT2D eigenvalue weighted by Crippen LogP contribution is -2.51. The monoisotopic (exact) mass is 697 g/mol. The van der Waals surface area contributed by atoms with Crippen LogP contribution < -0.4 is 0 Å². The average molecular weight is 697 g/mol. The van der Waals surface area contributed by atoms with Crippen LogP contribution >= 0.6 is 0 Å². The van der Waals surface area contributed by atoms with E-state index in [1.54, 1.807) is 5.57 Å². The molecular formula is C47H84O3. The predicted molar refractivity (Wildman–Crippen MR) is 215 cm³/mol. The van der Waals surface area contributed by atoms with Crippen LogP contribution in [0, 0.1) is 52.3 Å². The molecule has 4 aliphatic rings. The number of unbranched alkanes of at least 4 members (excludes halogenated alkanes) is 8. The molecule has 4 rings (SSSR count). The molecule has 4 aliphatic carbocycles. The highest BCUT2D eigenvalue weighted by atomic mass is 16.5. The van der Waals surface area contributed by atoms with Crippen molar-refractivity contribution < 1.29 is 14.2 Å². The van der Waals surface area contributed by atoms with E-state index in [0.717, 1.165) is 81.4 Å². The molecule has 0 aliphatic heterocycles. The van der Waals surface area contributed by atoms with E-state index in [9.17, 15) is 0 Å². The van der Waals surface area contributed by atoms with E-state index in [0.29, 0.717) is 22.9 Å². The van der Waals surface area contributed by atoms with Gasteiger partial charge in [0.1, 0.15) is 0 Å². The first-order valence-electron chi connectivity index (χ1n) is 22.3. The SMILES string of the molecule is CCCCC/C=C\CCCOC[C@@H](C)COCCCCCCCO[C@H]1CC[C@@]2(C)C(=CC[C@@H]3C2CC[C@@]2(C)C3CC[C@@H]2[C@H](C)CCC(C)C)C1. The van der Waals surface area contributed by atoms with E-state index in [4.69, 9.17) is 14.2 Å². The lowest BCUT2D eigenvalue weighted by atomic mass is 9.47. The molecule has 0 N–H and O–H groups in total. The summed E-state index contributed by atoms with van der Waals surface area (Å²) < 4.78 is 18.4. The second-order valence-electron chi connectivity index (χ2n) is 18.8. The predicted octanol–water partition coefficient (Wildman–Crippen LogP) is 13.6. The van der Waals surface area contributed by atoms with Gasteiger partial charge in [0.2, 0.25) is 0 Å². The highest BCUT2D eigenvalue weighted by Gasteiger charge is 2.59. The van der Waals surface area contributed by atoms with Crippen LogP contribution in [0.3, 0.4) is 0 Å². The Morgan fingerprint density at radius 2 is 1.44 bits per heavy atom. The molecule has 0 aromatic carbocycles. The van der Waals surface area contributed by atoms with Gasteiger partial charge in [-0.15, -0.1) is 0 Å². The van der Waals surface area contributed by atoms with Crippen LogP contribution in [0.1, 0.15) is 183 Å². The Morgan fingerprint density at radius 1 is 0.740 bits per heavy atom. The molecule has 3 heteroatoms. The Kier molecular flexibility index (Phi) is 18.5. The van der Waals surface area contributed by atoms with Gasteiger partial charge in [0.05, 0.1) is 19.3 Å². The van der Waals surface area contributed by atoms with Crippen LogP contribution in [0.5, 0.6) is 0 Å². The van der Waals surface area contributed by atoms with Gasteiger partial charge in [-0.1, -0.05) is 117 Å². The van der Waals surface area contributed by atoms with Gasteiger partial charge in [0.25, 0.3) is 0 Å². The maximum Gasteiger partial charge on any atom is 0.0612 e. The Balaban J connectivity index is 1.02. The standard InChI is InChI=1S/C47H84O3/c1-8-9-10-11-12-13-15-18-31-48-35-38(4)36-49-32-19-16-14-17-20-33-50-41-27-29-46(6)40(34-41)23-24-42-44-26-25-43(39(5)22-21-37(2)3)47(44,7)30-28-45(42)46/h12-13,23,37-39,41-45H,8-11,14-22,24-36H2,1-7H3/b13-12-/t38-,39-,41+,42+,43-,44?,45?,46+,47-/m1/s1. The van der Waals surface area contributed by atoms with Crippen LogP contribution in [-0.4, -0.2) is 39.1 Å². The van der Waals surface area contributed by atoms with Crippen molar-refractivity contribution in [2.75, 3.05) is 33.0 Å². The second-order valence-corrected chi connectivity index (χ2v) is 18.8. The van der Waals surface area contributed by atoms with Crippen LogP contribution in [-0.2, 0) is 14.2 Å². The molecule has 0 bridgehead atoms. The third kappa shape index (κ3) is 12.2. The molecule has 2 unspecified atom stereocenters. The molecule has 3 nitrogen and oxygen atoms in total. The maximum atomic E-state index is 6.55. The minimum absolute atomic E-state index is 0.434. The van der Waals surface area contributed by atoms with Crippen molar-refractivity contribution in [1.82, 2.24) is 0 Å². The van der Waals surface area contributed by atoms with E-state index in [-0.39, 0.29) is 0 Å². The maximum absolute atomic E-state index is 6.55. The van der Waals surface area contributed by atoms with Gasteiger partial charge >= 0.3 is 0 Å². The van der Waals surface area contributed by atoms with Gasteiger partial charge in [-0.3, -0.25) is 0 Å². The van der Waals surface area contributed by atoms with E-state index in [2.05, 4.69) is 66.7 Å². The van der Waals surface area contributed by atoms with Crippen LogP contribution in [0.25, 0.3) is 0 Å². The highest BCUT2D eigenvalue weighted by molar-refractivity contribution is 5.25. The van der Waals surface area contributed by atoms with Crippen molar-refractivity contribution in [1.29, 1.82) is 0 Å². The summed E-state index contributed by atoms with van der Waals surface area (Å²) in [6.45, 7) is 21.6. The first-order valence-corrected chi connectivity index (χ1v) is 22.3. The molecule has 290 valence electrons. The summed E-state index contributed by atoms with van der Waals surface area (Å²) in [5, 5.41) is 0. The van der Waals surface area contributed by atoms with Crippen molar-refractivity contribution in [3.8, 4) is 0 Å². The van der Waals surface area contributed by atoms with Crippen molar-refractivity contribution >= 4 is 0 Å². The van der Waals surface area contributed by atoms with Gasteiger partial charge in [0.15, 0.2) is 0 Å². The van der Waals surface area contributed by atoms with Crippen molar-refractivity contribution in [3.63, 3.8) is 0 Å². The Bertz CT molecular complexity index is 985. The van der Waals surface area contributed by atoms with Crippen molar-refractivity contribution in [2.24, 2.45) is 52.3 Å². The number of ether oxygens (including phenoxy) is 3. The smallest absolute Gasteiger partial charge is 0.0612 e. The third-order valence-electron chi connectivity index (χ3n) is 14.4. The molecule has 0 saturated heterocycles. The van der Waals surface area contributed by atoms with Gasteiger partial charge < -0.3 is 14.2 Å². The van der Waals surface area contributed by atoms with Gasteiger partial charge in [0, 0.05) is 25.7 Å². The lowest BCUT2D eigenvalue weighted by Gasteiger charge is -2.58. The minimum Gasteiger partial charge on any atom is -0.381 e. The molecule has 0 radical (unpaired) electrons. The molecule has 0 amide bonds. The molecule has 3 saturated carbocycles. The number of fused-ring (bicyclic) bond motifs is 5. The summed E-state index contributed by atoms with van der Waals surface area (Å²) in [7, 11) is 0. The van der Waals surface area contributed by atoms with Crippen molar-refractivity contribution in [2.45, 2.75) is 189 Å². The first-order chi connectivity index (χ1) is 24.2. The Hall–Kier alpha value is -0.640. The molecule has 50 heavy (non-hydrogen) atoms. The van der Waals surface area contributed by atoms with E-state index < -0.39 is 0 Å². The summed E-state index contributed by atoms with van der Waals surface area (Å²) in [4.78, 5) is 0. The second kappa shape index (κ2) is 21.9. The Labute approximate surface area is 311 Å². The fraction of sp³-hybridized carbons (Fsp3) is 0.915. The zero-order chi connectivity index (χ0) is 35.8. The zero-order valence-corrected chi connectivity index (χ0v) is 34.5. The molecule has 0 aromatic heterocycles. The highest BCUT2D eigenvalue weighted by Crippen LogP contribution is 2.67. The lowest BCUT2D eigenvalue weighted by molar-refractivity contribution is -0.0642.